The Bertz CT molecular complexity index is 546. The summed E-state index contributed by atoms with van der Waals surface area (Å²) < 4.78 is 1.94. The fourth-order valence-corrected chi connectivity index (χ4v) is 1.63. The normalized spacial score (nSPS) is 12.6. The number of rotatable bonds is 3. The van der Waals surface area contributed by atoms with Crippen LogP contribution in [0.3, 0.4) is 0 Å². The highest BCUT2D eigenvalue weighted by molar-refractivity contribution is 5.80. The molecule has 1 amide bonds. The summed E-state index contributed by atoms with van der Waals surface area (Å²) in [6.07, 6.45) is 0.775. The number of aromatic nitrogens is 2. The molecule has 2 aromatic rings. The van der Waals surface area contributed by atoms with E-state index in [4.69, 9.17) is 5.11 Å². The molecular formula is C12H15N3O2. The van der Waals surface area contributed by atoms with Crippen LogP contribution in [0.4, 0.5) is 0 Å². The number of hydrogen-bond acceptors (Lipinski definition) is 3. The molecule has 0 aliphatic carbocycles. The van der Waals surface area contributed by atoms with E-state index in [9.17, 15) is 4.79 Å². The number of nitrogens with zero attached hydrogens (tertiary/aromatic N) is 2. The van der Waals surface area contributed by atoms with Crippen LogP contribution in [0, 0.1) is 0 Å². The van der Waals surface area contributed by atoms with Crippen molar-refractivity contribution < 1.29 is 9.90 Å². The lowest BCUT2D eigenvalue weighted by Gasteiger charge is -2.07. The minimum Gasteiger partial charge on any atom is -0.384 e. The Hall–Kier alpha value is -1.88. The van der Waals surface area contributed by atoms with Gasteiger partial charge in [-0.2, -0.15) is 0 Å². The number of aryl methyl sites for hydroxylation is 1. The van der Waals surface area contributed by atoms with Crippen LogP contribution in [0.2, 0.25) is 0 Å². The SMILES string of the molecule is CC(O)C(=O)NCc1ccc2c(c1)ncn2C. The summed E-state index contributed by atoms with van der Waals surface area (Å²) in [7, 11) is 1.93. The average Bonchev–Trinajstić information content (AvgIpc) is 2.67. The van der Waals surface area contributed by atoms with Crippen LogP contribution in [0.25, 0.3) is 11.0 Å². The molecule has 0 bridgehead atoms. The van der Waals surface area contributed by atoms with Gasteiger partial charge in [0.25, 0.3) is 0 Å². The lowest BCUT2D eigenvalue weighted by Crippen LogP contribution is -2.31. The third-order valence-electron chi connectivity index (χ3n) is 2.64. The molecule has 0 radical (unpaired) electrons. The lowest BCUT2D eigenvalue weighted by molar-refractivity contribution is -0.128. The Morgan fingerprint density at radius 3 is 3.06 bits per heavy atom. The van der Waals surface area contributed by atoms with Gasteiger partial charge >= 0.3 is 0 Å². The predicted molar refractivity (Wildman–Crippen MR) is 64.2 cm³/mol. The van der Waals surface area contributed by atoms with Gasteiger partial charge in [-0.05, 0) is 24.6 Å². The third kappa shape index (κ3) is 2.45. The minimum atomic E-state index is -0.978. The molecule has 1 heterocycles. The molecule has 0 saturated heterocycles. The zero-order valence-electron chi connectivity index (χ0n) is 9.84. The Labute approximate surface area is 99.1 Å². The number of amides is 1. The number of benzene rings is 1. The van der Waals surface area contributed by atoms with Crippen LogP contribution in [0.1, 0.15) is 12.5 Å². The van der Waals surface area contributed by atoms with E-state index in [-0.39, 0.29) is 5.91 Å². The van der Waals surface area contributed by atoms with Gasteiger partial charge in [-0.3, -0.25) is 4.79 Å². The van der Waals surface area contributed by atoms with E-state index in [1.165, 1.54) is 6.92 Å². The molecule has 0 aliphatic rings. The number of carbonyl (C=O) groups excluding carboxylic acids is 1. The standard InChI is InChI=1S/C12H15N3O2/c1-8(16)12(17)13-6-9-3-4-11-10(5-9)14-7-15(11)2/h3-5,7-8,16H,6H2,1-2H3,(H,13,17). The van der Waals surface area contributed by atoms with Crippen molar-refractivity contribution in [3.63, 3.8) is 0 Å². The maximum absolute atomic E-state index is 11.2. The average molecular weight is 233 g/mol. The van der Waals surface area contributed by atoms with Gasteiger partial charge in [0.1, 0.15) is 6.10 Å². The first-order chi connectivity index (χ1) is 8.08. The maximum Gasteiger partial charge on any atom is 0.248 e. The van der Waals surface area contributed by atoms with Crippen LogP contribution in [-0.4, -0.2) is 26.7 Å². The monoisotopic (exact) mass is 233 g/mol. The number of carbonyl (C=O) groups is 1. The smallest absolute Gasteiger partial charge is 0.248 e. The van der Waals surface area contributed by atoms with Gasteiger partial charge in [0, 0.05) is 13.6 Å². The van der Waals surface area contributed by atoms with Crippen LogP contribution in [0.15, 0.2) is 24.5 Å². The number of hydrogen-bond donors (Lipinski definition) is 2. The molecule has 0 aliphatic heterocycles. The number of nitrogens with one attached hydrogen (secondary N) is 1. The van der Waals surface area contributed by atoms with Crippen molar-refractivity contribution in [3.05, 3.63) is 30.1 Å². The molecule has 0 spiro atoms. The van der Waals surface area contributed by atoms with Gasteiger partial charge in [-0.1, -0.05) is 6.07 Å². The van der Waals surface area contributed by atoms with Crippen molar-refractivity contribution in [2.45, 2.75) is 19.6 Å². The first kappa shape index (κ1) is 11.6. The summed E-state index contributed by atoms with van der Waals surface area (Å²) >= 11 is 0. The molecule has 1 aromatic heterocycles. The van der Waals surface area contributed by atoms with E-state index in [0.29, 0.717) is 6.54 Å². The lowest BCUT2D eigenvalue weighted by atomic mass is 10.2. The summed E-state index contributed by atoms with van der Waals surface area (Å²) in [5, 5.41) is 11.7. The summed E-state index contributed by atoms with van der Waals surface area (Å²) in [5.41, 5.74) is 2.91. The molecule has 1 atom stereocenters. The molecule has 5 nitrogen and oxygen atoms in total. The third-order valence-corrected chi connectivity index (χ3v) is 2.64. The van der Waals surface area contributed by atoms with Crippen LogP contribution < -0.4 is 5.32 Å². The second-order valence-electron chi connectivity index (χ2n) is 4.07. The van der Waals surface area contributed by atoms with Gasteiger partial charge < -0.3 is 15.0 Å². The second kappa shape index (κ2) is 4.55. The van der Waals surface area contributed by atoms with Crippen LogP contribution in [-0.2, 0) is 18.4 Å². The Morgan fingerprint density at radius 1 is 1.59 bits per heavy atom. The van der Waals surface area contributed by atoms with E-state index < -0.39 is 6.10 Å². The molecule has 0 fully saturated rings. The molecule has 17 heavy (non-hydrogen) atoms. The van der Waals surface area contributed by atoms with E-state index >= 15 is 0 Å². The van der Waals surface area contributed by atoms with Crippen LogP contribution in [0.5, 0.6) is 0 Å². The van der Waals surface area contributed by atoms with Gasteiger partial charge in [0.2, 0.25) is 5.91 Å². The van der Waals surface area contributed by atoms with E-state index in [2.05, 4.69) is 10.3 Å². The van der Waals surface area contributed by atoms with E-state index in [1.807, 2.05) is 29.8 Å². The van der Waals surface area contributed by atoms with Crippen molar-refractivity contribution in [2.75, 3.05) is 0 Å². The zero-order chi connectivity index (χ0) is 12.4. The fraction of sp³-hybridized carbons (Fsp3) is 0.333. The van der Waals surface area contributed by atoms with E-state index in [1.54, 1.807) is 6.33 Å². The number of fused-ring (bicyclic) bond motifs is 1. The number of aliphatic hydroxyl groups is 1. The molecular weight excluding hydrogens is 218 g/mol. The molecule has 1 aromatic carbocycles. The van der Waals surface area contributed by atoms with Crippen molar-refractivity contribution in [1.29, 1.82) is 0 Å². The van der Waals surface area contributed by atoms with Crippen molar-refractivity contribution in [2.24, 2.45) is 7.05 Å². The summed E-state index contributed by atoms with van der Waals surface area (Å²) in [4.78, 5) is 15.4. The minimum absolute atomic E-state index is 0.369. The predicted octanol–water partition coefficient (Wildman–Crippen LogP) is 0.570. The summed E-state index contributed by atoms with van der Waals surface area (Å²) in [6, 6.07) is 5.83. The van der Waals surface area contributed by atoms with Gasteiger partial charge in [0.05, 0.1) is 17.4 Å². The second-order valence-corrected chi connectivity index (χ2v) is 4.07. The highest BCUT2D eigenvalue weighted by Crippen LogP contribution is 2.13. The van der Waals surface area contributed by atoms with Crippen molar-refractivity contribution in [1.82, 2.24) is 14.9 Å². The number of imidazole rings is 1. The zero-order valence-corrected chi connectivity index (χ0v) is 9.84. The Kier molecular flexibility index (Phi) is 3.10. The van der Waals surface area contributed by atoms with Crippen molar-refractivity contribution >= 4 is 16.9 Å². The molecule has 1 unspecified atom stereocenters. The summed E-state index contributed by atoms with van der Waals surface area (Å²) in [6.45, 7) is 1.84. The quantitative estimate of drug-likeness (QED) is 0.814. The first-order valence-electron chi connectivity index (χ1n) is 5.43. The highest BCUT2D eigenvalue weighted by Gasteiger charge is 2.08. The topological polar surface area (TPSA) is 67.2 Å². The molecule has 5 heteroatoms. The van der Waals surface area contributed by atoms with Crippen molar-refractivity contribution in [3.8, 4) is 0 Å². The Balaban J connectivity index is 2.12. The highest BCUT2D eigenvalue weighted by atomic mass is 16.3. The van der Waals surface area contributed by atoms with Crippen LogP contribution >= 0.6 is 0 Å². The molecule has 0 saturated carbocycles. The first-order valence-corrected chi connectivity index (χ1v) is 5.43. The van der Waals surface area contributed by atoms with Gasteiger partial charge in [0.15, 0.2) is 0 Å². The fourth-order valence-electron chi connectivity index (χ4n) is 1.63. The Morgan fingerprint density at radius 2 is 2.35 bits per heavy atom. The van der Waals surface area contributed by atoms with Gasteiger partial charge in [-0.25, -0.2) is 4.98 Å². The maximum atomic E-state index is 11.2. The summed E-state index contributed by atoms with van der Waals surface area (Å²) in [5.74, 6) is -0.369. The van der Waals surface area contributed by atoms with Gasteiger partial charge in [-0.15, -0.1) is 0 Å². The molecule has 90 valence electrons. The van der Waals surface area contributed by atoms with E-state index in [0.717, 1.165) is 16.6 Å². The largest absolute Gasteiger partial charge is 0.384 e. The molecule has 2 N–H and O–H groups in total. The number of aliphatic hydroxyl groups excluding tert-OH is 1. The molecule has 2 rings (SSSR count).